The Morgan fingerprint density at radius 1 is 1.23 bits per heavy atom. The molecule has 0 aromatic heterocycles. The third kappa shape index (κ3) is 2.03. The van der Waals surface area contributed by atoms with E-state index < -0.39 is 24.3 Å². The Labute approximate surface area is 78.4 Å². The molecule has 4 nitrogen and oxygen atoms in total. The first-order chi connectivity index (χ1) is 5.74. The van der Waals surface area contributed by atoms with Crippen LogP contribution in [0.15, 0.2) is 0 Å². The summed E-state index contributed by atoms with van der Waals surface area (Å²) >= 11 is 0. The molecular weight excluding hydrogens is 171 g/mol. The van der Waals surface area contributed by atoms with E-state index in [0.717, 1.165) is 0 Å². The van der Waals surface area contributed by atoms with E-state index >= 15 is 0 Å². The Morgan fingerprint density at radius 3 is 1.92 bits per heavy atom. The van der Waals surface area contributed by atoms with E-state index in [1.54, 1.807) is 0 Å². The van der Waals surface area contributed by atoms with E-state index in [1.165, 1.54) is 0 Å². The lowest BCUT2D eigenvalue weighted by atomic mass is 9.85. The van der Waals surface area contributed by atoms with Gasteiger partial charge < -0.3 is 14.4 Å². The molecule has 13 heavy (non-hydrogen) atoms. The van der Waals surface area contributed by atoms with Crippen molar-refractivity contribution in [1.29, 1.82) is 0 Å². The largest absolute Gasteiger partial charge is 0.482 e. The van der Waals surface area contributed by atoms with E-state index in [9.17, 15) is 4.79 Å². The molecule has 0 atom stereocenters. The average Bonchev–Trinajstić information content (AvgIpc) is 1.98. The van der Waals surface area contributed by atoms with Gasteiger partial charge in [0.15, 0.2) is 0 Å². The van der Waals surface area contributed by atoms with Gasteiger partial charge in [-0.1, -0.05) is 0 Å². The molecule has 1 fully saturated rings. The predicted octanol–water partition coefficient (Wildman–Crippen LogP) is 1.16. The van der Waals surface area contributed by atoms with Crippen LogP contribution in [0, 0.1) is 0 Å². The van der Waals surface area contributed by atoms with Gasteiger partial charge in [0.2, 0.25) is 0 Å². The number of hydrogen-bond acceptors (Lipinski definition) is 3. The zero-order valence-corrected chi connectivity index (χ0v) is 8.46. The molecule has 0 bridgehead atoms. The van der Waals surface area contributed by atoms with Crippen LogP contribution in [-0.2, 0) is 14.1 Å². The summed E-state index contributed by atoms with van der Waals surface area (Å²) in [4.78, 5) is 10.4. The first-order valence-corrected chi connectivity index (χ1v) is 4.32. The minimum absolute atomic E-state index is 0.104. The zero-order chi connectivity index (χ0) is 10.3. The van der Waals surface area contributed by atoms with Crippen LogP contribution in [0.2, 0.25) is 6.32 Å². The van der Waals surface area contributed by atoms with Crippen LogP contribution in [-0.4, -0.2) is 29.4 Å². The summed E-state index contributed by atoms with van der Waals surface area (Å²) in [7, 11) is -0.623. The van der Waals surface area contributed by atoms with Crippen LogP contribution >= 0.6 is 0 Å². The standard InChI is InChI=1S/C8H15BO4/c1-7(2)8(3,4)13-9(12-7)5-6(10)11/h5H2,1-4H3,(H,10,11). The quantitative estimate of drug-likeness (QED) is 0.657. The molecule has 1 aliphatic heterocycles. The summed E-state index contributed by atoms with van der Waals surface area (Å²) in [6, 6.07) is 0. The Kier molecular flexibility index (Phi) is 2.43. The van der Waals surface area contributed by atoms with Gasteiger partial charge in [0.25, 0.3) is 0 Å². The summed E-state index contributed by atoms with van der Waals surface area (Å²) in [5.41, 5.74) is -0.875. The molecule has 1 aliphatic rings. The van der Waals surface area contributed by atoms with Gasteiger partial charge in [0.1, 0.15) is 0 Å². The van der Waals surface area contributed by atoms with Crippen molar-refractivity contribution in [3.05, 3.63) is 0 Å². The van der Waals surface area contributed by atoms with Gasteiger partial charge in [-0.25, -0.2) is 0 Å². The van der Waals surface area contributed by atoms with Crippen molar-refractivity contribution < 1.29 is 19.2 Å². The molecule has 0 saturated carbocycles. The maximum Gasteiger partial charge on any atom is 0.469 e. The van der Waals surface area contributed by atoms with E-state index in [4.69, 9.17) is 14.4 Å². The number of carboxylic acid groups (broad SMARTS) is 1. The van der Waals surface area contributed by atoms with E-state index in [0.29, 0.717) is 0 Å². The summed E-state index contributed by atoms with van der Waals surface area (Å²) in [6.07, 6.45) is -0.104. The molecular formula is C8H15BO4. The summed E-state index contributed by atoms with van der Waals surface area (Å²) in [5.74, 6) is -0.904. The molecule has 0 aromatic rings. The lowest BCUT2D eigenvalue weighted by molar-refractivity contribution is -0.134. The molecule has 0 aromatic carbocycles. The summed E-state index contributed by atoms with van der Waals surface area (Å²) < 4.78 is 10.9. The van der Waals surface area contributed by atoms with Gasteiger partial charge in [-0.2, -0.15) is 0 Å². The molecule has 1 N–H and O–H groups in total. The molecule has 1 rings (SSSR count). The smallest absolute Gasteiger partial charge is 0.469 e. The van der Waals surface area contributed by atoms with Crippen LogP contribution < -0.4 is 0 Å². The number of aliphatic carboxylic acids is 1. The van der Waals surface area contributed by atoms with Crippen LogP contribution in [0.25, 0.3) is 0 Å². The van der Waals surface area contributed by atoms with Gasteiger partial charge in [-0.3, -0.25) is 4.79 Å². The Hall–Kier alpha value is -0.545. The fourth-order valence-electron chi connectivity index (χ4n) is 1.19. The highest BCUT2D eigenvalue weighted by Crippen LogP contribution is 2.37. The summed E-state index contributed by atoms with van der Waals surface area (Å²) in [6.45, 7) is 7.59. The lowest BCUT2D eigenvalue weighted by Gasteiger charge is -2.32. The second-order valence-electron chi connectivity index (χ2n) is 4.28. The Morgan fingerprint density at radius 2 is 1.62 bits per heavy atom. The SMILES string of the molecule is CC1(C)OB(CC(=O)O)OC1(C)C. The van der Waals surface area contributed by atoms with Crippen molar-refractivity contribution in [3.8, 4) is 0 Å². The molecule has 1 heterocycles. The van der Waals surface area contributed by atoms with Gasteiger partial charge in [0, 0.05) is 0 Å². The van der Waals surface area contributed by atoms with E-state index in [1.807, 2.05) is 27.7 Å². The number of hydrogen-bond donors (Lipinski definition) is 1. The van der Waals surface area contributed by atoms with Crippen molar-refractivity contribution >= 4 is 13.1 Å². The number of carbonyl (C=O) groups is 1. The normalized spacial score (nSPS) is 24.8. The van der Waals surface area contributed by atoms with E-state index in [-0.39, 0.29) is 6.32 Å². The van der Waals surface area contributed by atoms with Crippen molar-refractivity contribution in [3.63, 3.8) is 0 Å². The van der Waals surface area contributed by atoms with E-state index in [2.05, 4.69) is 0 Å². The monoisotopic (exact) mass is 186 g/mol. The van der Waals surface area contributed by atoms with Crippen molar-refractivity contribution in [2.24, 2.45) is 0 Å². The van der Waals surface area contributed by atoms with Gasteiger partial charge in [-0.15, -0.1) is 0 Å². The van der Waals surface area contributed by atoms with Gasteiger partial charge >= 0.3 is 13.1 Å². The molecule has 0 aliphatic carbocycles. The van der Waals surface area contributed by atoms with Gasteiger partial charge in [0.05, 0.1) is 17.5 Å². The zero-order valence-electron chi connectivity index (χ0n) is 8.46. The minimum atomic E-state index is -0.904. The van der Waals surface area contributed by atoms with Crippen molar-refractivity contribution in [2.45, 2.75) is 45.2 Å². The second kappa shape index (κ2) is 2.99. The number of carboxylic acids is 1. The fraction of sp³-hybridized carbons (Fsp3) is 0.875. The Balaban J connectivity index is 2.65. The first-order valence-electron chi connectivity index (χ1n) is 4.32. The van der Waals surface area contributed by atoms with Gasteiger partial charge in [-0.05, 0) is 27.7 Å². The highest BCUT2D eigenvalue weighted by molar-refractivity contribution is 6.49. The topological polar surface area (TPSA) is 55.8 Å². The molecule has 74 valence electrons. The van der Waals surface area contributed by atoms with Crippen LogP contribution in [0.1, 0.15) is 27.7 Å². The van der Waals surface area contributed by atoms with Crippen LogP contribution in [0.5, 0.6) is 0 Å². The third-order valence-electron chi connectivity index (χ3n) is 2.64. The molecule has 1 saturated heterocycles. The van der Waals surface area contributed by atoms with Crippen LogP contribution in [0.4, 0.5) is 0 Å². The maximum absolute atomic E-state index is 10.4. The number of rotatable bonds is 2. The maximum atomic E-state index is 10.4. The van der Waals surface area contributed by atoms with Crippen molar-refractivity contribution in [1.82, 2.24) is 0 Å². The fourth-order valence-corrected chi connectivity index (χ4v) is 1.19. The highest BCUT2D eigenvalue weighted by Gasteiger charge is 2.51. The highest BCUT2D eigenvalue weighted by atomic mass is 16.7. The first kappa shape index (κ1) is 10.5. The molecule has 0 amide bonds. The van der Waals surface area contributed by atoms with Crippen molar-refractivity contribution in [2.75, 3.05) is 0 Å². The second-order valence-corrected chi connectivity index (χ2v) is 4.28. The summed E-state index contributed by atoms with van der Waals surface area (Å²) in [5, 5.41) is 8.55. The molecule has 0 unspecified atom stereocenters. The molecule has 0 radical (unpaired) electrons. The lowest BCUT2D eigenvalue weighted by Crippen LogP contribution is -2.41. The average molecular weight is 186 g/mol. The predicted molar refractivity (Wildman–Crippen MR) is 48.5 cm³/mol. The third-order valence-corrected chi connectivity index (χ3v) is 2.64. The molecule has 0 spiro atoms. The Bertz CT molecular complexity index is 208. The van der Waals surface area contributed by atoms with Crippen LogP contribution in [0.3, 0.4) is 0 Å². The minimum Gasteiger partial charge on any atom is -0.482 e. The molecule has 5 heteroatoms.